The molecule has 3 heteroatoms. The average Bonchev–Trinajstić information content (AvgIpc) is 2.38. The minimum Gasteiger partial charge on any atom is -0.370 e. The molecule has 0 unspecified atom stereocenters. The van der Waals surface area contributed by atoms with Gasteiger partial charge in [0.1, 0.15) is 0 Å². The molecule has 2 nitrogen and oxygen atoms in total. The molecular weight excluding hydrogens is 216 g/mol. The summed E-state index contributed by atoms with van der Waals surface area (Å²) in [4.78, 5) is 2.48. The Labute approximate surface area is 102 Å². The van der Waals surface area contributed by atoms with Crippen LogP contribution >= 0.6 is 11.8 Å². The molecule has 1 aliphatic rings. The molecule has 0 aliphatic carbocycles. The van der Waals surface area contributed by atoms with Crippen LogP contribution in [0, 0.1) is 0 Å². The molecule has 0 atom stereocenters. The molecule has 1 saturated heterocycles. The smallest absolute Gasteiger partial charge is 0.0366 e. The van der Waals surface area contributed by atoms with Crippen molar-refractivity contribution in [3.05, 3.63) is 29.8 Å². The molecule has 2 N–H and O–H groups in total. The monoisotopic (exact) mass is 236 g/mol. The van der Waals surface area contributed by atoms with Crippen LogP contribution in [0.1, 0.15) is 12.0 Å². The zero-order valence-corrected chi connectivity index (χ0v) is 10.5. The van der Waals surface area contributed by atoms with Crippen LogP contribution < -0.4 is 10.6 Å². The van der Waals surface area contributed by atoms with Crippen LogP contribution in [-0.4, -0.2) is 31.1 Å². The Bertz CT molecular complexity index is 304. The largest absolute Gasteiger partial charge is 0.370 e. The molecule has 1 aliphatic heterocycles. The standard InChI is InChI=1S/C13H20N2S/c14-7-1-2-12-3-5-13(6-4-12)15-8-10-16-11-9-15/h3-6H,1-2,7-11,14H2. The predicted molar refractivity (Wildman–Crippen MR) is 73.4 cm³/mol. The van der Waals surface area contributed by atoms with E-state index >= 15 is 0 Å². The second-order valence-corrected chi connectivity index (χ2v) is 5.38. The number of nitrogens with two attached hydrogens (primary N) is 1. The van der Waals surface area contributed by atoms with Gasteiger partial charge in [-0.15, -0.1) is 0 Å². The highest BCUT2D eigenvalue weighted by atomic mass is 32.2. The summed E-state index contributed by atoms with van der Waals surface area (Å²) in [6.07, 6.45) is 2.19. The van der Waals surface area contributed by atoms with Crippen molar-refractivity contribution in [3.63, 3.8) is 0 Å². The maximum atomic E-state index is 5.51. The van der Waals surface area contributed by atoms with Crippen LogP contribution in [0.3, 0.4) is 0 Å². The molecule has 0 saturated carbocycles. The van der Waals surface area contributed by atoms with E-state index in [1.165, 1.54) is 35.8 Å². The lowest BCUT2D eigenvalue weighted by atomic mass is 10.1. The van der Waals surface area contributed by atoms with E-state index in [9.17, 15) is 0 Å². The van der Waals surface area contributed by atoms with Gasteiger partial charge in [-0.25, -0.2) is 0 Å². The molecular formula is C13H20N2S. The molecule has 1 aromatic rings. The van der Waals surface area contributed by atoms with Crippen molar-refractivity contribution in [2.24, 2.45) is 5.73 Å². The second-order valence-electron chi connectivity index (χ2n) is 4.16. The van der Waals surface area contributed by atoms with Gasteiger partial charge in [0, 0.05) is 30.3 Å². The second kappa shape index (κ2) is 6.16. The molecule has 1 fully saturated rings. The van der Waals surface area contributed by atoms with Crippen molar-refractivity contribution in [2.45, 2.75) is 12.8 Å². The number of thioether (sulfide) groups is 1. The van der Waals surface area contributed by atoms with Crippen molar-refractivity contribution in [1.82, 2.24) is 0 Å². The van der Waals surface area contributed by atoms with E-state index in [0.29, 0.717) is 0 Å². The first kappa shape index (κ1) is 11.8. The lowest BCUT2D eigenvalue weighted by molar-refractivity contribution is 0.829. The van der Waals surface area contributed by atoms with Crippen molar-refractivity contribution >= 4 is 17.4 Å². The third kappa shape index (κ3) is 3.16. The first-order chi connectivity index (χ1) is 7.90. The van der Waals surface area contributed by atoms with Gasteiger partial charge >= 0.3 is 0 Å². The fourth-order valence-electron chi connectivity index (χ4n) is 2.00. The van der Waals surface area contributed by atoms with Gasteiger partial charge in [-0.3, -0.25) is 0 Å². The van der Waals surface area contributed by atoms with Gasteiger partial charge in [0.15, 0.2) is 0 Å². The van der Waals surface area contributed by atoms with Crippen LogP contribution in [0.4, 0.5) is 5.69 Å². The van der Waals surface area contributed by atoms with Gasteiger partial charge in [-0.1, -0.05) is 12.1 Å². The first-order valence-corrected chi connectivity index (χ1v) is 7.17. The van der Waals surface area contributed by atoms with E-state index in [1.807, 2.05) is 0 Å². The molecule has 0 amide bonds. The van der Waals surface area contributed by atoms with Crippen molar-refractivity contribution < 1.29 is 0 Å². The number of rotatable bonds is 4. The van der Waals surface area contributed by atoms with Gasteiger partial charge in [-0.2, -0.15) is 11.8 Å². The molecule has 1 aromatic carbocycles. The molecule has 0 spiro atoms. The third-order valence-electron chi connectivity index (χ3n) is 2.98. The maximum absolute atomic E-state index is 5.51. The Morgan fingerprint density at radius 2 is 1.81 bits per heavy atom. The van der Waals surface area contributed by atoms with E-state index in [4.69, 9.17) is 5.73 Å². The summed E-state index contributed by atoms with van der Waals surface area (Å²) < 4.78 is 0. The molecule has 2 rings (SSSR count). The highest BCUT2D eigenvalue weighted by molar-refractivity contribution is 7.99. The summed E-state index contributed by atoms with van der Waals surface area (Å²) in [5.74, 6) is 2.52. The van der Waals surface area contributed by atoms with Gasteiger partial charge in [0.2, 0.25) is 0 Å². The van der Waals surface area contributed by atoms with E-state index in [0.717, 1.165) is 19.4 Å². The lowest BCUT2D eigenvalue weighted by Gasteiger charge is -2.28. The number of nitrogens with zero attached hydrogens (tertiary/aromatic N) is 1. The summed E-state index contributed by atoms with van der Waals surface area (Å²) in [5, 5.41) is 0. The fourth-order valence-corrected chi connectivity index (χ4v) is 2.90. The van der Waals surface area contributed by atoms with E-state index in [2.05, 4.69) is 40.9 Å². The Morgan fingerprint density at radius 1 is 1.12 bits per heavy atom. The highest BCUT2D eigenvalue weighted by Crippen LogP contribution is 2.20. The quantitative estimate of drug-likeness (QED) is 0.868. The number of hydrogen-bond donors (Lipinski definition) is 1. The van der Waals surface area contributed by atoms with Gasteiger partial charge in [0.25, 0.3) is 0 Å². The number of anilines is 1. The predicted octanol–water partition coefficient (Wildman–Crippen LogP) is 2.13. The Balaban J connectivity index is 1.95. The highest BCUT2D eigenvalue weighted by Gasteiger charge is 2.10. The normalized spacial score (nSPS) is 16.4. The minimum absolute atomic E-state index is 0.783. The van der Waals surface area contributed by atoms with Crippen LogP contribution in [0.2, 0.25) is 0 Å². The minimum atomic E-state index is 0.783. The zero-order chi connectivity index (χ0) is 11.2. The SMILES string of the molecule is NCCCc1ccc(N2CCSCC2)cc1. The molecule has 0 radical (unpaired) electrons. The van der Waals surface area contributed by atoms with Crippen molar-refractivity contribution in [3.8, 4) is 0 Å². The summed E-state index contributed by atoms with van der Waals surface area (Å²) >= 11 is 2.05. The van der Waals surface area contributed by atoms with Crippen LogP contribution in [0.5, 0.6) is 0 Å². The van der Waals surface area contributed by atoms with Gasteiger partial charge in [0.05, 0.1) is 0 Å². The molecule has 16 heavy (non-hydrogen) atoms. The Morgan fingerprint density at radius 3 is 2.44 bits per heavy atom. The molecule has 0 bridgehead atoms. The van der Waals surface area contributed by atoms with Gasteiger partial charge in [-0.05, 0) is 37.1 Å². The lowest BCUT2D eigenvalue weighted by Crippen LogP contribution is -2.32. The summed E-state index contributed by atoms with van der Waals surface area (Å²) in [6.45, 7) is 3.16. The first-order valence-electron chi connectivity index (χ1n) is 6.02. The van der Waals surface area contributed by atoms with E-state index < -0.39 is 0 Å². The third-order valence-corrected chi connectivity index (χ3v) is 3.92. The number of benzene rings is 1. The van der Waals surface area contributed by atoms with Crippen LogP contribution in [-0.2, 0) is 6.42 Å². The summed E-state index contributed by atoms with van der Waals surface area (Å²) in [5.41, 5.74) is 8.29. The fraction of sp³-hybridized carbons (Fsp3) is 0.538. The Hall–Kier alpha value is -0.670. The van der Waals surface area contributed by atoms with Crippen LogP contribution in [0.15, 0.2) is 24.3 Å². The van der Waals surface area contributed by atoms with E-state index in [-0.39, 0.29) is 0 Å². The van der Waals surface area contributed by atoms with Gasteiger partial charge < -0.3 is 10.6 Å². The molecule has 88 valence electrons. The average molecular weight is 236 g/mol. The summed E-state index contributed by atoms with van der Waals surface area (Å²) in [7, 11) is 0. The van der Waals surface area contributed by atoms with Crippen LogP contribution in [0.25, 0.3) is 0 Å². The molecule has 1 heterocycles. The maximum Gasteiger partial charge on any atom is 0.0366 e. The number of hydrogen-bond acceptors (Lipinski definition) is 3. The number of aryl methyl sites for hydroxylation is 1. The molecule has 0 aromatic heterocycles. The Kier molecular flexibility index (Phi) is 4.55. The van der Waals surface area contributed by atoms with Crippen molar-refractivity contribution in [2.75, 3.05) is 36.0 Å². The van der Waals surface area contributed by atoms with Crippen molar-refractivity contribution in [1.29, 1.82) is 0 Å². The summed E-state index contributed by atoms with van der Waals surface area (Å²) in [6, 6.07) is 8.99. The topological polar surface area (TPSA) is 29.3 Å². The zero-order valence-electron chi connectivity index (χ0n) is 9.69. The van der Waals surface area contributed by atoms with E-state index in [1.54, 1.807) is 0 Å².